The first kappa shape index (κ1) is 32.3. The molecule has 47 heavy (non-hydrogen) atoms. The van der Waals surface area contributed by atoms with E-state index < -0.39 is 17.9 Å². The molecule has 1 atom stereocenters. The van der Waals surface area contributed by atoms with E-state index in [1.165, 1.54) is 12.1 Å². The minimum absolute atomic E-state index is 0.0918. The smallest absolute Gasteiger partial charge is 0.326 e. The molecule has 2 N–H and O–H groups in total. The number of carboxylic acid groups (broad SMARTS) is 1. The van der Waals surface area contributed by atoms with Crippen LogP contribution in [0.15, 0.2) is 133 Å². The van der Waals surface area contributed by atoms with Gasteiger partial charge in [0.05, 0.1) is 12.8 Å². The quantitative estimate of drug-likeness (QED) is 0.145. The fourth-order valence-electron chi connectivity index (χ4n) is 4.82. The molecule has 0 aliphatic heterocycles. The lowest BCUT2D eigenvalue weighted by molar-refractivity contribution is -0.139. The van der Waals surface area contributed by atoms with Gasteiger partial charge in [-0.1, -0.05) is 66.7 Å². The summed E-state index contributed by atoms with van der Waals surface area (Å²) in [6.07, 6.45) is 0.0918. The fourth-order valence-corrected chi connectivity index (χ4v) is 4.82. The summed E-state index contributed by atoms with van der Waals surface area (Å²) in [6.45, 7) is 0.151. The van der Waals surface area contributed by atoms with Crippen molar-refractivity contribution in [3.63, 3.8) is 0 Å². The number of carboxylic acids is 1. The van der Waals surface area contributed by atoms with E-state index in [1.54, 1.807) is 66.6 Å². The van der Waals surface area contributed by atoms with Crippen LogP contribution in [0.1, 0.15) is 21.5 Å². The number of carbonyl (C=O) groups excluding carboxylic acids is 2. The van der Waals surface area contributed by atoms with Crippen LogP contribution in [0.5, 0.6) is 17.2 Å². The zero-order chi connectivity index (χ0) is 33.0. The first-order valence-corrected chi connectivity index (χ1v) is 14.9. The summed E-state index contributed by atoms with van der Waals surface area (Å²) < 4.78 is 16.9. The first-order chi connectivity index (χ1) is 22.9. The predicted octanol–water partition coefficient (Wildman–Crippen LogP) is 6.44. The van der Waals surface area contributed by atoms with E-state index in [9.17, 15) is 19.5 Å². The van der Waals surface area contributed by atoms with Crippen LogP contribution in [0, 0.1) is 0 Å². The molecule has 0 aliphatic carbocycles. The first-order valence-electron chi connectivity index (χ1n) is 14.9. The minimum atomic E-state index is -1.15. The molecule has 0 bridgehead atoms. The number of rotatable bonds is 14. The van der Waals surface area contributed by atoms with E-state index in [1.807, 2.05) is 66.7 Å². The monoisotopic (exact) mass is 630 g/mol. The fraction of sp³-hybridized carbons (Fsp3) is 0.132. The highest BCUT2D eigenvalue weighted by Gasteiger charge is 2.22. The van der Waals surface area contributed by atoms with Crippen molar-refractivity contribution >= 4 is 29.2 Å². The molecule has 238 valence electrons. The second-order valence-corrected chi connectivity index (χ2v) is 10.6. The molecule has 0 spiro atoms. The van der Waals surface area contributed by atoms with E-state index in [0.29, 0.717) is 35.2 Å². The Morgan fingerprint density at radius 3 is 1.96 bits per heavy atom. The van der Waals surface area contributed by atoms with Crippen molar-refractivity contribution in [3.05, 3.63) is 150 Å². The molecule has 2 amide bonds. The van der Waals surface area contributed by atoms with Gasteiger partial charge in [0, 0.05) is 23.7 Å². The highest BCUT2D eigenvalue weighted by molar-refractivity contribution is 6.01. The number of nitrogens with zero attached hydrogens (tertiary/aromatic N) is 1. The normalized spacial score (nSPS) is 11.2. The number of hydrogen-bond donors (Lipinski definition) is 2. The van der Waals surface area contributed by atoms with Gasteiger partial charge in [-0.05, 0) is 71.8 Å². The largest absolute Gasteiger partial charge is 0.497 e. The zero-order valence-corrected chi connectivity index (χ0v) is 25.7. The molecule has 5 aromatic rings. The molecule has 0 heterocycles. The molecular formula is C38H34N2O7. The number of aliphatic carboxylic acids is 1. The number of nitrogens with one attached hydrogen (secondary N) is 1. The van der Waals surface area contributed by atoms with Gasteiger partial charge < -0.3 is 24.6 Å². The van der Waals surface area contributed by atoms with Crippen LogP contribution in [0.3, 0.4) is 0 Å². The molecule has 5 rings (SSSR count). The van der Waals surface area contributed by atoms with Gasteiger partial charge in [-0.3, -0.25) is 14.5 Å². The molecule has 5 aromatic carbocycles. The molecule has 0 aliphatic rings. The third kappa shape index (κ3) is 8.98. The Labute approximate surface area is 273 Å². The van der Waals surface area contributed by atoms with Crippen LogP contribution in [-0.4, -0.2) is 42.6 Å². The highest BCUT2D eigenvalue weighted by atomic mass is 16.5. The van der Waals surface area contributed by atoms with Crippen LogP contribution < -0.4 is 24.4 Å². The topological polar surface area (TPSA) is 114 Å². The van der Waals surface area contributed by atoms with E-state index in [4.69, 9.17) is 14.2 Å². The Balaban J connectivity index is 1.17. The average Bonchev–Trinajstić information content (AvgIpc) is 3.11. The van der Waals surface area contributed by atoms with Gasteiger partial charge in [0.15, 0.2) is 6.61 Å². The lowest BCUT2D eigenvalue weighted by atomic mass is 10.1. The van der Waals surface area contributed by atoms with Crippen molar-refractivity contribution in [1.29, 1.82) is 0 Å². The molecule has 0 saturated heterocycles. The average molecular weight is 631 g/mol. The summed E-state index contributed by atoms with van der Waals surface area (Å²) in [5.74, 6) is -0.371. The van der Waals surface area contributed by atoms with Crippen molar-refractivity contribution in [2.24, 2.45) is 0 Å². The number of methoxy groups -OCH3 is 1. The minimum Gasteiger partial charge on any atom is -0.497 e. The van der Waals surface area contributed by atoms with Gasteiger partial charge in [0.25, 0.3) is 11.8 Å². The maximum atomic E-state index is 13.4. The highest BCUT2D eigenvalue weighted by Crippen LogP contribution is 2.29. The number of ether oxygens (including phenoxy) is 3. The molecule has 0 aromatic heterocycles. The van der Waals surface area contributed by atoms with Gasteiger partial charge in [-0.2, -0.15) is 0 Å². The second-order valence-electron chi connectivity index (χ2n) is 10.6. The molecule has 0 fully saturated rings. The maximum Gasteiger partial charge on any atom is 0.326 e. The summed E-state index contributed by atoms with van der Waals surface area (Å²) in [4.78, 5) is 39.9. The number of amides is 2. The van der Waals surface area contributed by atoms with Crippen molar-refractivity contribution in [1.82, 2.24) is 5.32 Å². The standard InChI is InChI=1S/C38H34N2O7/c1-45-34-14-8-13-31(24-34)40(30-11-6-3-7-12-30)36(41)26-47-33-21-17-29(18-22-33)37(42)39-35(38(43)44)23-27-15-19-32(20-16-27)46-25-28-9-4-2-5-10-28/h2-22,24,35H,23,25-26H2,1H3,(H,39,42)(H,43,44). The second kappa shape index (κ2) is 15.8. The summed E-state index contributed by atoms with van der Waals surface area (Å²) in [5.41, 5.74) is 3.31. The van der Waals surface area contributed by atoms with Crippen LogP contribution >= 0.6 is 0 Å². The molecule has 9 nitrogen and oxygen atoms in total. The van der Waals surface area contributed by atoms with Crippen molar-refractivity contribution < 1.29 is 33.7 Å². The van der Waals surface area contributed by atoms with E-state index in [2.05, 4.69) is 5.32 Å². The number of benzene rings is 5. The number of anilines is 2. The zero-order valence-electron chi connectivity index (χ0n) is 25.7. The SMILES string of the molecule is COc1cccc(N(C(=O)COc2ccc(C(=O)NC(Cc3ccc(OCc4ccccc4)cc3)C(=O)O)cc2)c2ccccc2)c1. The van der Waals surface area contributed by atoms with Crippen molar-refractivity contribution in [2.75, 3.05) is 18.6 Å². The van der Waals surface area contributed by atoms with Crippen LogP contribution in [0.4, 0.5) is 11.4 Å². The summed E-state index contributed by atoms with van der Waals surface area (Å²) in [7, 11) is 1.56. The van der Waals surface area contributed by atoms with Gasteiger partial charge in [-0.15, -0.1) is 0 Å². The summed E-state index contributed by atoms with van der Waals surface area (Å²) >= 11 is 0. The summed E-state index contributed by atoms with van der Waals surface area (Å²) in [5, 5.41) is 12.4. The van der Waals surface area contributed by atoms with E-state index >= 15 is 0 Å². The van der Waals surface area contributed by atoms with E-state index in [-0.39, 0.29) is 24.5 Å². The van der Waals surface area contributed by atoms with Crippen molar-refractivity contribution in [2.45, 2.75) is 19.1 Å². The third-order valence-corrected chi connectivity index (χ3v) is 7.27. The van der Waals surface area contributed by atoms with Gasteiger partial charge in [-0.25, -0.2) is 4.79 Å². The Kier molecular flexibility index (Phi) is 10.8. The molecule has 0 radical (unpaired) electrons. The number of carbonyl (C=O) groups is 3. The van der Waals surface area contributed by atoms with E-state index in [0.717, 1.165) is 11.1 Å². The molecule has 9 heteroatoms. The van der Waals surface area contributed by atoms with Crippen molar-refractivity contribution in [3.8, 4) is 17.2 Å². The van der Waals surface area contributed by atoms with Crippen LogP contribution in [-0.2, 0) is 22.6 Å². The third-order valence-electron chi connectivity index (χ3n) is 7.27. The lowest BCUT2D eigenvalue weighted by Gasteiger charge is -2.23. The predicted molar refractivity (Wildman–Crippen MR) is 178 cm³/mol. The molecular weight excluding hydrogens is 596 g/mol. The van der Waals surface area contributed by atoms with Gasteiger partial charge in [0.1, 0.15) is 29.9 Å². The van der Waals surface area contributed by atoms with Crippen LogP contribution in [0.25, 0.3) is 0 Å². The Hall–Kier alpha value is -6.09. The number of hydrogen-bond acceptors (Lipinski definition) is 6. The number of para-hydroxylation sites is 1. The Morgan fingerprint density at radius 1 is 0.681 bits per heavy atom. The summed E-state index contributed by atoms with van der Waals surface area (Å²) in [6, 6.07) is 38.3. The Morgan fingerprint density at radius 2 is 1.30 bits per heavy atom. The van der Waals surface area contributed by atoms with Gasteiger partial charge >= 0.3 is 5.97 Å². The lowest BCUT2D eigenvalue weighted by Crippen LogP contribution is -2.42. The van der Waals surface area contributed by atoms with Gasteiger partial charge in [0.2, 0.25) is 0 Å². The van der Waals surface area contributed by atoms with Crippen LogP contribution in [0.2, 0.25) is 0 Å². The Bertz CT molecular complexity index is 1780. The maximum absolute atomic E-state index is 13.4. The molecule has 0 saturated carbocycles. The molecule has 1 unspecified atom stereocenters.